The lowest BCUT2D eigenvalue weighted by atomic mass is 9.79. The average molecular weight is 220 g/mol. The van der Waals surface area contributed by atoms with E-state index in [1.807, 2.05) is 0 Å². The highest BCUT2D eigenvalue weighted by Gasteiger charge is 2.21. The minimum absolute atomic E-state index is 0.0726. The molecule has 0 bridgehead atoms. The van der Waals surface area contributed by atoms with Crippen LogP contribution in [0.25, 0.3) is 0 Å². The van der Waals surface area contributed by atoms with Gasteiger partial charge in [-0.15, -0.1) is 0 Å². The van der Waals surface area contributed by atoms with E-state index in [1.54, 1.807) is 0 Å². The standard InChI is InChI=1S/C14H20O2/c1-10-5-6-12(9-11(10)2)14(3,4)8-7-13(15)16/h5-6,9H,7-8H2,1-4H3,(H,15,16). The van der Waals surface area contributed by atoms with E-state index < -0.39 is 5.97 Å². The van der Waals surface area contributed by atoms with Gasteiger partial charge in [-0.3, -0.25) is 4.79 Å². The summed E-state index contributed by atoms with van der Waals surface area (Å²) in [6, 6.07) is 6.37. The highest BCUT2D eigenvalue weighted by molar-refractivity contribution is 5.66. The largest absolute Gasteiger partial charge is 0.481 e. The zero-order chi connectivity index (χ0) is 12.3. The molecule has 0 spiro atoms. The molecule has 88 valence electrons. The molecule has 2 nitrogen and oxygen atoms in total. The number of carboxylic acids is 1. The van der Waals surface area contributed by atoms with Crippen LogP contribution in [0.2, 0.25) is 0 Å². The first-order valence-electron chi connectivity index (χ1n) is 5.62. The molecule has 1 aromatic carbocycles. The highest BCUT2D eigenvalue weighted by Crippen LogP contribution is 2.29. The van der Waals surface area contributed by atoms with Gasteiger partial charge in [-0.05, 0) is 42.4 Å². The van der Waals surface area contributed by atoms with Crippen LogP contribution >= 0.6 is 0 Å². The maximum atomic E-state index is 10.6. The Morgan fingerprint density at radius 3 is 2.38 bits per heavy atom. The molecule has 0 atom stereocenters. The van der Waals surface area contributed by atoms with Gasteiger partial charge in [0.25, 0.3) is 0 Å². The Labute approximate surface area is 97.3 Å². The van der Waals surface area contributed by atoms with Crippen LogP contribution in [-0.4, -0.2) is 11.1 Å². The van der Waals surface area contributed by atoms with Gasteiger partial charge in [-0.25, -0.2) is 0 Å². The van der Waals surface area contributed by atoms with E-state index in [-0.39, 0.29) is 11.8 Å². The lowest BCUT2D eigenvalue weighted by molar-refractivity contribution is -0.137. The Balaban J connectivity index is 2.88. The normalized spacial score (nSPS) is 11.5. The SMILES string of the molecule is Cc1ccc(C(C)(C)CCC(=O)O)cc1C. The molecule has 16 heavy (non-hydrogen) atoms. The van der Waals surface area contributed by atoms with Crippen LogP contribution in [0.3, 0.4) is 0 Å². The quantitative estimate of drug-likeness (QED) is 0.843. The third-order valence-electron chi connectivity index (χ3n) is 3.25. The zero-order valence-corrected chi connectivity index (χ0v) is 10.5. The Kier molecular flexibility index (Phi) is 3.74. The number of carboxylic acid groups (broad SMARTS) is 1. The van der Waals surface area contributed by atoms with Crippen molar-refractivity contribution < 1.29 is 9.90 Å². The van der Waals surface area contributed by atoms with E-state index in [2.05, 4.69) is 45.9 Å². The van der Waals surface area contributed by atoms with Crippen LogP contribution in [-0.2, 0) is 10.2 Å². The smallest absolute Gasteiger partial charge is 0.303 e. The molecule has 0 aliphatic heterocycles. The first-order chi connectivity index (χ1) is 7.33. The Hall–Kier alpha value is -1.31. The fourth-order valence-corrected chi connectivity index (χ4v) is 1.73. The molecule has 0 unspecified atom stereocenters. The fourth-order valence-electron chi connectivity index (χ4n) is 1.73. The van der Waals surface area contributed by atoms with Gasteiger partial charge in [0.15, 0.2) is 0 Å². The second-order valence-corrected chi connectivity index (χ2v) is 5.08. The lowest BCUT2D eigenvalue weighted by Gasteiger charge is -2.25. The maximum absolute atomic E-state index is 10.6. The summed E-state index contributed by atoms with van der Waals surface area (Å²) in [5.74, 6) is -0.725. The van der Waals surface area contributed by atoms with Gasteiger partial charge in [-0.1, -0.05) is 32.0 Å². The van der Waals surface area contributed by atoms with Gasteiger partial charge in [0.1, 0.15) is 0 Å². The van der Waals surface area contributed by atoms with Crippen LogP contribution in [0.15, 0.2) is 18.2 Å². The minimum Gasteiger partial charge on any atom is -0.481 e. The van der Waals surface area contributed by atoms with Gasteiger partial charge in [-0.2, -0.15) is 0 Å². The molecule has 0 fully saturated rings. The van der Waals surface area contributed by atoms with Crippen molar-refractivity contribution in [2.24, 2.45) is 0 Å². The fraction of sp³-hybridized carbons (Fsp3) is 0.500. The molecule has 1 aromatic rings. The third-order valence-corrected chi connectivity index (χ3v) is 3.25. The summed E-state index contributed by atoms with van der Waals surface area (Å²) < 4.78 is 0. The molecular formula is C14H20O2. The molecule has 0 aliphatic rings. The number of carbonyl (C=O) groups is 1. The Morgan fingerprint density at radius 2 is 1.88 bits per heavy atom. The van der Waals surface area contributed by atoms with Crippen LogP contribution < -0.4 is 0 Å². The molecule has 0 saturated heterocycles. The minimum atomic E-state index is -0.725. The first kappa shape index (κ1) is 12.8. The zero-order valence-electron chi connectivity index (χ0n) is 10.5. The van der Waals surface area contributed by atoms with Crippen LogP contribution in [0, 0.1) is 13.8 Å². The summed E-state index contributed by atoms with van der Waals surface area (Å²) in [6.45, 7) is 8.37. The second-order valence-electron chi connectivity index (χ2n) is 5.08. The number of aryl methyl sites for hydroxylation is 2. The van der Waals surface area contributed by atoms with Crippen molar-refractivity contribution in [1.29, 1.82) is 0 Å². The lowest BCUT2D eigenvalue weighted by Crippen LogP contribution is -2.19. The summed E-state index contributed by atoms with van der Waals surface area (Å²) >= 11 is 0. The van der Waals surface area contributed by atoms with Crippen molar-refractivity contribution >= 4 is 5.97 Å². The summed E-state index contributed by atoms with van der Waals surface area (Å²) in [6.07, 6.45) is 0.894. The van der Waals surface area contributed by atoms with Gasteiger partial charge in [0.2, 0.25) is 0 Å². The molecule has 0 aromatic heterocycles. The first-order valence-corrected chi connectivity index (χ1v) is 5.62. The second kappa shape index (κ2) is 4.69. The average Bonchev–Trinajstić information content (AvgIpc) is 2.19. The number of aliphatic carboxylic acids is 1. The summed E-state index contributed by atoms with van der Waals surface area (Å²) in [5, 5.41) is 8.72. The molecule has 0 amide bonds. The molecule has 2 heteroatoms. The van der Waals surface area contributed by atoms with Crippen molar-refractivity contribution in [1.82, 2.24) is 0 Å². The van der Waals surface area contributed by atoms with E-state index in [0.717, 1.165) is 0 Å². The Morgan fingerprint density at radius 1 is 1.25 bits per heavy atom. The molecule has 0 aliphatic carbocycles. The molecular weight excluding hydrogens is 200 g/mol. The summed E-state index contributed by atoms with van der Waals surface area (Å²) in [5.41, 5.74) is 3.69. The molecule has 1 N–H and O–H groups in total. The van der Waals surface area contributed by atoms with Crippen molar-refractivity contribution in [3.05, 3.63) is 34.9 Å². The van der Waals surface area contributed by atoms with Crippen molar-refractivity contribution in [2.45, 2.75) is 46.0 Å². The van der Waals surface area contributed by atoms with Gasteiger partial charge in [0, 0.05) is 6.42 Å². The number of hydrogen-bond donors (Lipinski definition) is 1. The molecule has 0 saturated carbocycles. The molecule has 0 radical (unpaired) electrons. The molecule has 0 heterocycles. The highest BCUT2D eigenvalue weighted by atomic mass is 16.4. The van der Waals surface area contributed by atoms with Crippen LogP contribution in [0.4, 0.5) is 0 Å². The summed E-state index contributed by atoms with van der Waals surface area (Å²) in [4.78, 5) is 10.6. The third kappa shape index (κ3) is 3.09. The van der Waals surface area contributed by atoms with Crippen LogP contribution in [0.5, 0.6) is 0 Å². The van der Waals surface area contributed by atoms with E-state index in [9.17, 15) is 4.79 Å². The van der Waals surface area contributed by atoms with E-state index >= 15 is 0 Å². The summed E-state index contributed by atoms with van der Waals surface area (Å²) in [7, 11) is 0. The predicted molar refractivity (Wildman–Crippen MR) is 65.8 cm³/mol. The topological polar surface area (TPSA) is 37.3 Å². The van der Waals surface area contributed by atoms with E-state index in [1.165, 1.54) is 16.7 Å². The maximum Gasteiger partial charge on any atom is 0.303 e. The van der Waals surface area contributed by atoms with Crippen molar-refractivity contribution in [3.63, 3.8) is 0 Å². The predicted octanol–water partition coefficient (Wildman–Crippen LogP) is 3.45. The van der Waals surface area contributed by atoms with Gasteiger partial charge in [0.05, 0.1) is 0 Å². The van der Waals surface area contributed by atoms with Crippen LogP contribution in [0.1, 0.15) is 43.4 Å². The Bertz CT molecular complexity index is 392. The number of hydrogen-bond acceptors (Lipinski definition) is 1. The van der Waals surface area contributed by atoms with Gasteiger partial charge < -0.3 is 5.11 Å². The van der Waals surface area contributed by atoms with E-state index in [4.69, 9.17) is 5.11 Å². The monoisotopic (exact) mass is 220 g/mol. The van der Waals surface area contributed by atoms with Crippen molar-refractivity contribution in [3.8, 4) is 0 Å². The number of rotatable bonds is 4. The number of benzene rings is 1. The molecule has 1 rings (SSSR count). The van der Waals surface area contributed by atoms with Crippen molar-refractivity contribution in [2.75, 3.05) is 0 Å². The van der Waals surface area contributed by atoms with Gasteiger partial charge >= 0.3 is 5.97 Å². The van der Waals surface area contributed by atoms with E-state index in [0.29, 0.717) is 6.42 Å².